The molecule has 6 amide bonds. The number of nitrogens with one attached hydrogen (secondary N) is 6. The lowest BCUT2D eigenvalue weighted by atomic mass is 9.89. The minimum absolute atomic E-state index is 0.0311. The van der Waals surface area contributed by atoms with E-state index in [1.807, 2.05) is 68.4 Å². The van der Waals surface area contributed by atoms with Crippen LogP contribution in [0.4, 0.5) is 5.69 Å². The standard InChI is InChI=1S/C37H47N7O6/c1-22(2)18-30-36(49)40-21-33(47)41-23(3)35(48)39-17-7-10-28(20-32(46)43-29-11-5-8-27-9-6-16-38-34(27)29)26-14-12-25(13-15-26)19-31(37(50)44-30)42-24(4)45/h5-6,8-9,11-16,22-23,28,30-31H,7,10,17-21H2,1-4H3,(H,39,48)(H,40,49)(H,41,47)(H,42,45)(H,43,46)(H,44,50)/t23-,28?,30-,31-/m0/s1. The van der Waals surface area contributed by atoms with Gasteiger partial charge in [-0.15, -0.1) is 0 Å². The molecular weight excluding hydrogens is 638 g/mol. The zero-order valence-electron chi connectivity index (χ0n) is 29.0. The molecule has 266 valence electrons. The molecule has 0 radical (unpaired) electrons. The molecular formula is C37H47N7O6. The number of amides is 6. The number of hydrogen-bond acceptors (Lipinski definition) is 7. The number of benzene rings is 2. The molecule has 0 saturated heterocycles. The summed E-state index contributed by atoms with van der Waals surface area (Å²) in [6.07, 6.45) is 3.43. The van der Waals surface area contributed by atoms with Gasteiger partial charge in [-0.1, -0.05) is 56.3 Å². The average molecular weight is 686 g/mol. The smallest absolute Gasteiger partial charge is 0.243 e. The van der Waals surface area contributed by atoms with Crippen LogP contribution in [0.25, 0.3) is 10.9 Å². The van der Waals surface area contributed by atoms with Gasteiger partial charge in [0.2, 0.25) is 35.4 Å². The number of anilines is 1. The molecule has 2 aromatic carbocycles. The number of nitrogens with zero attached hydrogens (tertiary/aromatic N) is 1. The first-order valence-electron chi connectivity index (χ1n) is 17.0. The van der Waals surface area contributed by atoms with Crippen molar-refractivity contribution in [2.45, 2.75) is 83.8 Å². The first-order valence-corrected chi connectivity index (χ1v) is 17.0. The molecule has 13 heteroatoms. The van der Waals surface area contributed by atoms with E-state index in [1.165, 1.54) is 6.92 Å². The van der Waals surface area contributed by atoms with E-state index in [1.54, 1.807) is 13.1 Å². The summed E-state index contributed by atoms with van der Waals surface area (Å²) in [7, 11) is 0. The van der Waals surface area contributed by atoms with Crippen molar-refractivity contribution in [2.75, 3.05) is 18.4 Å². The second kappa shape index (κ2) is 17.9. The van der Waals surface area contributed by atoms with E-state index in [4.69, 9.17) is 0 Å². The van der Waals surface area contributed by atoms with Crippen LogP contribution in [-0.4, -0.2) is 71.6 Å². The predicted molar refractivity (Wildman–Crippen MR) is 190 cm³/mol. The van der Waals surface area contributed by atoms with E-state index in [9.17, 15) is 28.8 Å². The minimum Gasteiger partial charge on any atom is -0.354 e. The molecule has 0 aliphatic carbocycles. The molecule has 0 fully saturated rings. The van der Waals surface area contributed by atoms with Crippen molar-refractivity contribution >= 4 is 52.0 Å². The highest BCUT2D eigenvalue weighted by Crippen LogP contribution is 2.28. The first kappa shape index (κ1) is 37.5. The van der Waals surface area contributed by atoms with Gasteiger partial charge in [-0.2, -0.15) is 0 Å². The number of hydrogen-bond donors (Lipinski definition) is 6. The van der Waals surface area contributed by atoms with E-state index in [-0.39, 0.29) is 43.0 Å². The zero-order valence-corrected chi connectivity index (χ0v) is 29.0. The molecule has 2 aliphatic rings. The van der Waals surface area contributed by atoms with Gasteiger partial charge in [0.25, 0.3) is 0 Å². The van der Waals surface area contributed by atoms with Crippen molar-refractivity contribution in [1.29, 1.82) is 0 Å². The molecule has 6 N–H and O–H groups in total. The molecule has 0 saturated carbocycles. The number of aromatic nitrogens is 1. The van der Waals surface area contributed by atoms with Crippen LogP contribution in [-0.2, 0) is 35.2 Å². The summed E-state index contributed by atoms with van der Waals surface area (Å²) in [6.45, 7) is 6.60. The lowest BCUT2D eigenvalue weighted by molar-refractivity contribution is -0.133. The summed E-state index contributed by atoms with van der Waals surface area (Å²) in [5, 5.41) is 17.3. The number of carbonyl (C=O) groups excluding carboxylic acids is 6. The van der Waals surface area contributed by atoms with E-state index >= 15 is 0 Å². The number of rotatable bonds is 6. The van der Waals surface area contributed by atoms with Gasteiger partial charge >= 0.3 is 0 Å². The molecule has 5 rings (SSSR count). The summed E-state index contributed by atoms with van der Waals surface area (Å²) in [5.41, 5.74) is 2.97. The van der Waals surface area contributed by atoms with Crippen LogP contribution < -0.4 is 31.9 Å². The fourth-order valence-electron chi connectivity index (χ4n) is 5.97. The van der Waals surface area contributed by atoms with Crippen molar-refractivity contribution in [3.63, 3.8) is 0 Å². The molecule has 3 heterocycles. The van der Waals surface area contributed by atoms with Crippen LogP contribution in [0, 0.1) is 5.92 Å². The number of pyridine rings is 1. The van der Waals surface area contributed by atoms with E-state index in [0.717, 1.165) is 16.5 Å². The topological polar surface area (TPSA) is 187 Å². The third-order valence-electron chi connectivity index (χ3n) is 8.49. The van der Waals surface area contributed by atoms with Crippen LogP contribution >= 0.6 is 0 Å². The Morgan fingerprint density at radius 2 is 1.66 bits per heavy atom. The minimum atomic E-state index is -0.966. The first-order chi connectivity index (χ1) is 23.9. The Balaban J connectivity index is 1.58. The Labute approximate surface area is 292 Å². The second-order valence-corrected chi connectivity index (χ2v) is 13.2. The molecule has 1 aromatic heterocycles. The van der Waals surface area contributed by atoms with Crippen LogP contribution in [0.3, 0.4) is 0 Å². The maximum absolute atomic E-state index is 13.5. The monoisotopic (exact) mass is 685 g/mol. The molecule has 3 aromatic rings. The van der Waals surface area contributed by atoms with E-state index in [0.29, 0.717) is 37.0 Å². The van der Waals surface area contributed by atoms with Gasteiger partial charge in [-0.25, -0.2) is 0 Å². The summed E-state index contributed by atoms with van der Waals surface area (Å²) < 4.78 is 0. The molecule has 13 nitrogen and oxygen atoms in total. The SMILES string of the molecule is CC(=O)N[C@H]1Cc2ccc(cc2)C(CC(=O)Nc2cccc3cccnc23)CCCNC(=O)[C@H](C)NC(=O)CNC(=O)[C@H](CC(C)C)NC1=O. The summed E-state index contributed by atoms with van der Waals surface area (Å²) in [6, 6.07) is 14.1. The van der Waals surface area contributed by atoms with E-state index in [2.05, 4.69) is 36.9 Å². The van der Waals surface area contributed by atoms with Gasteiger partial charge in [0.15, 0.2) is 0 Å². The Kier molecular flexibility index (Phi) is 13.4. The van der Waals surface area contributed by atoms with Crippen LogP contribution in [0.5, 0.6) is 0 Å². The third kappa shape index (κ3) is 11.1. The summed E-state index contributed by atoms with van der Waals surface area (Å²) in [5.74, 6) is -2.81. The van der Waals surface area contributed by atoms with Crippen molar-refractivity contribution < 1.29 is 28.8 Å². The summed E-state index contributed by atoms with van der Waals surface area (Å²) in [4.78, 5) is 81.9. The molecule has 4 atom stereocenters. The highest BCUT2D eigenvalue weighted by Gasteiger charge is 2.28. The van der Waals surface area contributed by atoms with Gasteiger partial charge in [-0.05, 0) is 61.3 Å². The predicted octanol–water partition coefficient (Wildman–Crippen LogP) is 2.46. The van der Waals surface area contributed by atoms with Crippen LogP contribution in [0.1, 0.15) is 70.4 Å². The lowest BCUT2D eigenvalue weighted by Gasteiger charge is -2.24. The Morgan fingerprint density at radius 1 is 0.920 bits per heavy atom. The van der Waals surface area contributed by atoms with Gasteiger partial charge in [-0.3, -0.25) is 33.8 Å². The molecule has 1 unspecified atom stereocenters. The van der Waals surface area contributed by atoms with E-state index < -0.39 is 41.8 Å². The van der Waals surface area contributed by atoms with Crippen LogP contribution in [0.15, 0.2) is 60.8 Å². The zero-order chi connectivity index (χ0) is 36.2. The third-order valence-corrected chi connectivity index (χ3v) is 8.49. The van der Waals surface area contributed by atoms with Crippen LogP contribution in [0.2, 0.25) is 0 Å². The Hall–Kier alpha value is -5.33. The lowest BCUT2D eigenvalue weighted by Crippen LogP contribution is -2.55. The number of para-hydroxylation sites is 1. The molecule has 2 bridgehead atoms. The van der Waals surface area contributed by atoms with Crippen molar-refractivity contribution in [1.82, 2.24) is 31.6 Å². The number of fused-ring (bicyclic) bond motifs is 19. The Bertz CT molecular complexity index is 1690. The van der Waals surface area contributed by atoms with Crippen molar-refractivity contribution in [3.05, 3.63) is 71.9 Å². The molecule has 0 spiro atoms. The van der Waals surface area contributed by atoms with Gasteiger partial charge in [0.05, 0.1) is 17.7 Å². The maximum Gasteiger partial charge on any atom is 0.243 e. The van der Waals surface area contributed by atoms with Gasteiger partial charge in [0, 0.05) is 37.9 Å². The largest absolute Gasteiger partial charge is 0.354 e. The fraction of sp³-hybridized carbons (Fsp3) is 0.432. The highest BCUT2D eigenvalue weighted by molar-refractivity contribution is 6.00. The highest BCUT2D eigenvalue weighted by atomic mass is 16.2. The van der Waals surface area contributed by atoms with Gasteiger partial charge < -0.3 is 31.9 Å². The average Bonchev–Trinajstić information content (AvgIpc) is 3.07. The van der Waals surface area contributed by atoms with Gasteiger partial charge in [0.1, 0.15) is 18.1 Å². The fourth-order valence-corrected chi connectivity index (χ4v) is 5.97. The van der Waals surface area contributed by atoms with Crippen molar-refractivity contribution in [2.24, 2.45) is 5.92 Å². The van der Waals surface area contributed by atoms with Crippen molar-refractivity contribution in [3.8, 4) is 0 Å². The second-order valence-electron chi connectivity index (χ2n) is 13.2. The maximum atomic E-state index is 13.5. The normalized spacial score (nSPS) is 21.3. The molecule has 50 heavy (non-hydrogen) atoms. The number of carbonyl (C=O) groups is 6. The molecule has 2 aliphatic heterocycles. The summed E-state index contributed by atoms with van der Waals surface area (Å²) >= 11 is 0. The quantitative estimate of drug-likeness (QED) is 0.215. The Morgan fingerprint density at radius 3 is 2.38 bits per heavy atom.